The van der Waals surface area contributed by atoms with Gasteiger partial charge in [-0.3, -0.25) is 4.79 Å². The minimum Gasteiger partial charge on any atom is -0.373 e. The van der Waals surface area contributed by atoms with Gasteiger partial charge in [0.05, 0.1) is 11.5 Å². The van der Waals surface area contributed by atoms with Crippen LogP contribution in [0.4, 0.5) is 5.82 Å². The largest absolute Gasteiger partial charge is 0.373 e. The smallest absolute Gasteiger partial charge is 0.251 e. The number of hydrogen-bond acceptors (Lipinski definition) is 5. The van der Waals surface area contributed by atoms with Gasteiger partial charge in [-0.05, 0) is 25.0 Å². The molecule has 2 heterocycles. The van der Waals surface area contributed by atoms with Gasteiger partial charge < -0.3 is 10.6 Å². The highest BCUT2D eigenvalue weighted by Gasteiger charge is 2.29. The Morgan fingerprint density at radius 2 is 2.19 bits per heavy atom. The van der Waals surface area contributed by atoms with Crippen molar-refractivity contribution in [3.8, 4) is 0 Å². The molecular formula is C14H21N3O3S. The van der Waals surface area contributed by atoms with Crippen molar-refractivity contribution in [3.63, 3.8) is 0 Å². The zero-order valence-electron chi connectivity index (χ0n) is 12.3. The summed E-state index contributed by atoms with van der Waals surface area (Å²) in [6.07, 6.45) is 2.23. The lowest BCUT2D eigenvalue weighted by atomic mass is 10.1. The van der Waals surface area contributed by atoms with E-state index in [4.69, 9.17) is 0 Å². The summed E-state index contributed by atoms with van der Waals surface area (Å²) in [4.78, 5) is 16.7. The molecule has 1 aromatic rings. The van der Waals surface area contributed by atoms with Crippen molar-refractivity contribution >= 4 is 21.6 Å². The van der Waals surface area contributed by atoms with E-state index in [1.165, 1.54) is 0 Å². The molecule has 0 aromatic carbocycles. The summed E-state index contributed by atoms with van der Waals surface area (Å²) in [7, 11) is -1.24. The molecule has 1 unspecified atom stereocenters. The van der Waals surface area contributed by atoms with E-state index in [9.17, 15) is 13.2 Å². The molecule has 1 aliphatic rings. The summed E-state index contributed by atoms with van der Waals surface area (Å²) in [5, 5.41) is 5.74. The maximum Gasteiger partial charge on any atom is 0.251 e. The van der Waals surface area contributed by atoms with E-state index in [2.05, 4.69) is 22.5 Å². The van der Waals surface area contributed by atoms with E-state index in [1.54, 1.807) is 19.2 Å². The minimum absolute atomic E-state index is 0.0323. The fourth-order valence-electron chi connectivity index (χ4n) is 2.41. The van der Waals surface area contributed by atoms with Crippen molar-refractivity contribution in [2.45, 2.75) is 32.2 Å². The average Bonchev–Trinajstić information content (AvgIpc) is 2.77. The molecule has 0 aliphatic carbocycles. The first kappa shape index (κ1) is 15.8. The first-order valence-electron chi connectivity index (χ1n) is 7.13. The molecule has 2 rings (SSSR count). The number of aryl methyl sites for hydroxylation is 1. The van der Waals surface area contributed by atoms with E-state index in [0.717, 1.165) is 18.5 Å². The number of hydrogen-bond donors (Lipinski definition) is 2. The summed E-state index contributed by atoms with van der Waals surface area (Å²) < 4.78 is 22.9. The molecule has 0 spiro atoms. The number of anilines is 1. The Labute approximate surface area is 125 Å². The van der Waals surface area contributed by atoms with E-state index >= 15 is 0 Å². The summed E-state index contributed by atoms with van der Waals surface area (Å²) in [5.74, 6) is 0.584. The van der Waals surface area contributed by atoms with Crippen molar-refractivity contribution in [1.29, 1.82) is 0 Å². The molecule has 1 aromatic heterocycles. The predicted molar refractivity (Wildman–Crippen MR) is 82.3 cm³/mol. The van der Waals surface area contributed by atoms with E-state index in [0.29, 0.717) is 17.8 Å². The van der Waals surface area contributed by atoms with E-state index < -0.39 is 9.84 Å². The molecule has 21 heavy (non-hydrogen) atoms. The SMILES string of the molecule is CCCc1cc(C(=O)NC2CCS(=O)(=O)C2)cc(NC)n1. The fourth-order valence-corrected chi connectivity index (χ4v) is 4.08. The second-order valence-electron chi connectivity index (χ2n) is 5.31. The Balaban J connectivity index is 2.13. The standard InChI is InChI=1S/C14H21N3O3S/c1-3-4-11-7-10(8-13(15-2)16-11)14(18)17-12-5-6-21(19,20)9-12/h7-8,12H,3-6,9H2,1-2H3,(H,15,16)(H,17,18). The van der Waals surface area contributed by atoms with Crippen molar-refractivity contribution in [3.05, 3.63) is 23.4 Å². The molecule has 7 heteroatoms. The van der Waals surface area contributed by atoms with Crippen LogP contribution in [-0.2, 0) is 16.3 Å². The number of carbonyl (C=O) groups excluding carboxylic acids is 1. The molecule has 0 radical (unpaired) electrons. The van der Waals surface area contributed by atoms with Gasteiger partial charge in [-0.15, -0.1) is 0 Å². The van der Waals surface area contributed by atoms with Gasteiger partial charge in [0, 0.05) is 24.3 Å². The second kappa shape index (κ2) is 6.43. The van der Waals surface area contributed by atoms with Crippen molar-refractivity contribution in [2.75, 3.05) is 23.9 Å². The Kier molecular flexibility index (Phi) is 4.82. The molecule has 1 atom stereocenters. The van der Waals surface area contributed by atoms with Crippen LogP contribution in [0.2, 0.25) is 0 Å². The molecular weight excluding hydrogens is 290 g/mol. The lowest BCUT2D eigenvalue weighted by Gasteiger charge is -2.12. The van der Waals surface area contributed by atoms with Crippen molar-refractivity contribution < 1.29 is 13.2 Å². The zero-order chi connectivity index (χ0) is 15.5. The Bertz CT molecular complexity index is 628. The monoisotopic (exact) mass is 311 g/mol. The van der Waals surface area contributed by atoms with Gasteiger partial charge in [-0.2, -0.15) is 0 Å². The van der Waals surface area contributed by atoms with Gasteiger partial charge >= 0.3 is 0 Å². The number of rotatable bonds is 5. The molecule has 1 saturated heterocycles. The average molecular weight is 311 g/mol. The van der Waals surface area contributed by atoms with E-state index in [-0.39, 0.29) is 23.5 Å². The number of aromatic nitrogens is 1. The zero-order valence-corrected chi connectivity index (χ0v) is 13.2. The van der Waals surface area contributed by atoms with Crippen LogP contribution in [-0.4, -0.2) is 43.9 Å². The van der Waals surface area contributed by atoms with Crippen LogP contribution in [0, 0.1) is 0 Å². The lowest BCUT2D eigenvalue weighted by Crippen LogP contribution is -2.35. The summed E-state index contributed by atoms with van der Waals surface area (Å²) in [5.41, 5.74) is 1.37. The topological polar surface area (TPSA) is 88.2 Å². The van der Waals surface area contributed by atoms with Gasteiger partial charge in [0.1, 0.15) is 5.82 Å². The lowest BCUT2D eigenvalue weighted by molar-refractivity contribution is 0.0941. The number of carbonyl (C=O) groups is 1. The van der Waals surface area contributed by atoms with E-state index in [1.807, 2.05) is 0 Å². The summed E-state index contributed by atoms with van der Waals surface area (Å²) in [6.45, 7) is 2.05. The van der Waals surface area contributed by atoms with Gasteiger partial charge in [0.15, 0.2) is 9.84 Å². The summed E-state index contributed by atoms with van der Waals surface area (Å²) >= 11 is 0. The fraction of sp³-hybridized carbons (Fsp3) is 0.571. The predicted octanol–water partition coefficient (Wildman–Crippen LogP) is 0.993. The van der Waals surface area contributed by atoms with Crippen LogP contribution >= 0.6 is 0 Å². The van der Waals surface area contributed by atoms with Gasteiger partial charge in [-0.1, -0.05) is 13.3 Å². The number of nitrogens with zero attached hydrogens (tertiary/aromatic N) is 1. The number of amides is 1. The van der Waals surface area contributed by atoms with Crippen LogP contribution < -0.4 is 10.6 Å². The third-order valence-corrected chi connectivity index (χ3v) is 5.24. The normalized spacial score (nSPS) is 20.2. The molecule has 1 amide bonds. The first-order chi connectivity index (χ1) is 9.93. The molecule has 1 aliphatic heterocycles. The first-order valence-corrected chi connectivity index (χ1v) is 8.95. The molecule has 116 valence electrons. The van der Waals surface area contributed by atoms with Crippen LogP contribution in [0.1, 0.15) is 35.8 Å². The van der Waals surface area contributed by atoms with Crippen LogP contribution in [0.3, 0.4) is 0 Å². The highest BCUT2D eigenvalue weighted by molar-refractivity contribution is 7.91. The molecule has 0 saturated carbocycles. The van der Waals surface area contributed by atoms with Crippen molar-refractivity contribution in [1.82, 2.24) is 10.3 Å². The quantitative estimate of drug-likeness (QED) is 0.847. The van der Waals surface area contributed by atoms with Crippen molar-refractivity contribution in [2.24, 2.45) is 0 Å². The van der Waals surface area contributed by atoms with Gasteiger partial charge in [0.25, 0.3) is 5.91 Å². The van der Waals surface area contributed by atoms with Crippen LogP contribution in [0.5, 0.6) is 0 Å². The molecule has 1 fully saturated rings. The van der Waals surface area contributed by atoms with Gasteiger partial charge in [0.2, 0.25) is 0 Å². The number of pyridine rings is 1. The van der Waals surface area contributed by atoms with Crippen LogP contribution in [0.15, 0.2) is 12.1 Å². The second-order valence-corrected chi connectivity index (χ2v) is 7.53. The minimum atomic E-state index is -2.99. The third-order valence-electron chi connectivity index (χ3n) is 3.47. The molecule has 6 nitrogen and oxygen atoms in total. The third kappa shape index (κ3) is 4.17. The molecule has 0 bridgehead atoms. The number of nitrogens with one attached hydrogen (secondary N) is 2. The maximum atomic E-state index is 12.3. The highest BCUT2D eigenvalue weighted by atomic mass is 32.2. The highest BCUT2D eigenvalue weighted by Crippen LogP contribution is 2.15. The number of sulfone groups is 1. The Morgan fingerprint density at radius 1 is 1.43 bits per heavy atom. The van der Waals surface area contributed by atoms with Gasteiger partial charge in [-0.25, -0.2) is 13.4 Å². The Hall–Kier alpha value is -1.63. The van der Waals surface area contributed by atoms with Crippen LogP contribution in [0.25, 0.3) is 0 Å². The maximum absolute atomic E-state index is 12.3. The Morgan fingerprint density at radius 3 is 2.76 bits per heavy atom. The summed E-state index contributed by atoms with van der Waals surface area (Å²) in [6, 6.07) is 3.16. The molecule has 2 N–H and O–H groups in total.